The monoisotopic (exact) mass is 326 g/mol. The standard InChI is InChI=1S/C14H18N2O3S2/c1-10-13(4-3-5-14(10)21(15,17)18)16-8-11-6-7-12(19-11)9-20-2/h3-7,16H,8-9H2,1-2H3,(H2,15,17,18). The van der Waals surface area contributed by atoms with E-state index >= 15 is 0 Å². The van der Waals surface area contributed by atoms with Crippen molar-refractivity contribution >= 4 is 27.5 Å². The quantitative estimate of drug-likeness (QED) is 0.852. The van der Waals surface area contributed by atoms with Gasteiger partial charge >= 0.3 is 0 Å². The van der Waals surface area contributed by atoms with Crippen molar-refractivity contribution in [2.24, 2.45) is 5.14 Å². The summed E-state index contributed by atoms with van der Waals surface area (Å²) in [6.45, 7) is 2.21. The molecule has 0 saturated heterocycles. The number of rotatable bonds is 6. The summed E-state index contributed by atoms with van der Waals surface area (Å²) in [5.41, 5.74) is 1.33. The van der Waals surface area contributed by atoms with Crippen LogP contribution < -0.4 is 10.5 Å². The molecule has 0 fully saturated rings. The Morgan fingerprint density at radius 1 is 1.24 bits per heavy atom. The first kappa shape index (κ1) is 15.9. The number of anilines is 1. The molecule has 5 nitrogen and oxygen atoms in total. The van der Waals surface area contributed by atoms with Crippen molar-refractivity contribution < 1.29 is 12.8 Å². The first-order valence-corrected chi connectivity index (χ1v) is 9.28. The van der Waals surface area contributed by atoms with Crippen LogP contribution in [0.5, 0.6) is 0 Å². The number of thioether (sulfide) groups is 1. The Balaban J connectivity index is 2.13. The van der Waals surface area contributed by atoms with Gasteiger partial charge in [0.25, 0.3) is 0 Å². The number of hydrogen-bond donors (Lipinski definition) is 2. The first-order valence-electron chi connectivity index (χ1n) is 6.34. The van der Waals surface area contributed by atoms with Gasteiger partial charge in [0.2, 0.25) is 10.0 Å². The van der Waals surface area contributed by atoms with E-state index in [-0.39, 0.29) is 4.90 Å². The molecule has 0 aliphatic rings. The van der Waals surface area contributed by atoms with Crippen LogP contribution in [0.4, 0.5) is 5.69 Å². The fraction of sp³-hybridized carbons (Fsp3) is 0.286. The number of nitrogens with one attached hydrogen (secondary N) is 1. The fourth-order valence-electron chi connectivity index (χ4n) is 2.03. The highest BCUT2D eigenvalue weighted by atomic mass is 32.2. The number of sulfonamides is 1. The van der Waals surface area contributed by atoms with Gasteiger partial charge in [-0.15, -0.1) is 0 Å². The van der Waals surface area contributed by atoms with Gasteiger partial charge in [0.15, 0.2) is 0 Å². The van der Waals surface area contributed by atoms with E-state index in [1.807, 2.05) is 24.5 Å². The van der Waals surface area contributed by atoms with E-state index in [4.69, 9.17) is 9.56 Å². The van der Waals surface area contributed by atoms with Gasteiger partial charge in [-0.25, -0.2) is 13.6 Å². The molecule has 0 saturated carbocycles. The number of nitrogens with two attached hydrogens (primary N) is 1. The minimum absolute atomic E-state index is 0.134. The molecular weight excluding hydrogens is 308 g/mol. The van der Waals surface area contributed by atoms with Gasteiger partial charge in [0, 0.05) is 5.69 Å². The average molecular weight is 326 g/mol. The Morgan fingerprint density at radius 3 is 2.62 bits per heavy atom. The second kappa shape index (κ2) is 6.55. The smallest absolute Gasteiger partial charge is 0.238 e. The van der Waals surface area contributed by atoms with E-state index in [1.54, 1.807) is 24.8 Å². The highest BCUT2D eigenvalue weighted by Gasteiger charge is 2.13. The van der Waals surface area contributed by atoms with E-state index in [0.717, 1.165) is 23.0 Å². The normalized spacial score (nSPS) is 11.6. The molecule has 0 spiro atoms. The average Bonchev–Trinajstić information content (AvgIpc) is 2.84. The molecule has 3 N–H and O–H groups in total. The van der Waals surface area contributed by atoms with Crippen LogP contribution in [0.3, 0.4) is 0 Å². The second-order valence-electron chi connectivity index (χ2n) is 4.63. The lowest BCUT2D eigenvalue weighted by Gasteiger charge is -2.11. The molecule has 1 aromatic carbocycles. The Bertz CT molecular complexity index is 724. The minimum Gasteiger partial charge on any atom is -0.463 e. The molecule has 21 heavy (non-hydrogen) atoms. The van der Waals surface area contributed by atoms with Gasteiger partial charge in [-0.05, 0) is 43.0 Å². The van der Waals surface area contributed by atoms with E-state index in [0.29, 0.717) is 12.1 Å². The summed E-state index contributed by atoms with van der Waals surface area (Å²) < 4.78 is 28.6. The van der Waals surface area contributed by atoms with Gasteiger partial charge < -0.3 is 9.73 Å². The molecular formula is C14H18N2O3S2. The van der Waals surface area contributed by atoms with Crippen LogP contribution in [0.15, 0.2) is 39.6 Å². The topological polar surface area (TPSA) is 85.3 Å². The fourth-order valence-corrected chi connectivity index (χ4v) is 3.28. The highest BCUT2D eigenvalue weighted by molar-refractivity contribution is 7.97. The predicted molar refractivity (Wildman–Crippen MR) is 85.8 cm³/mol. The third kappa shape index (κ3) is 4.03. The third-order valence-electron chi connectivity index (χ3n) is 3.05. The van der Waals surface area contributed by atoms with Gasteiger partial charge in [-0.1, -0.05) is 6.07 Å². The summed E-state index contributed by atoms with van der Waals surface area (Å²) in [4.78, 5) is 0.134. The van der Waals surface area contributed by atoms with Crippen molar-refractivity contribution in [1.29, 1.82) is 0 Å². The van der Waals surface area contributed by atoms with Crippen LogP contribution in [0.25, 0.3) is 0 Å². The van der Waals surface area contributed by atoms with Gasteiger partial charge in [-0.3, -0.25) is 0 Å². The molecule has 0 atom stereocenters. The molecule has 7 heteroatoms. The van der Waals surface area contributed by atoms with E-state index < -0.39 is 10.0 Å². The highest BCUT2D eigenvalue weighted by Crippen LogP contribution is 2.23. The maximum Gasteiger partial charge on any atom is 0.238 e. The first-order chi connectivity index (χ1) is 9.91. The lowest BCUT2D eigenvalue weighted by Crippen LogP contribution is -2.14. The molecule has 2 rings (SSSR count). The minimum atomic E-state index is -3.71. The molecule has 114 valence electrons. The van der Waals surface area contributed by atoms with Crippen LogP contribution >= 0.6 is 11.8 Å². The number of primary sulfonamides is 1. The van der Waals surface area contributed by atoms with Crippen LogP contribution in [0.1, 0.15) is 17.1 Å². The van der Waals surface area contributed by atoms with Crippen molar-refractivity contribution in [2.45, 2.75) is 24.1 Å². The molecule has 0 aliphatic heterocycles. The summed E-state index contributed by atoms with van der Waals surface area (Å²) in [7, 11) is -3.71. The predicted octanol–water partition coefficient (Wildman–Crippen LogP) is 2.71. The molecule has 0 aliphatic carbocycles. The Kier molecular flexibility index (Phi) is 4.97. The molecule has 0 unspecified atom stereocenters. The Morgan fingerprint density at radius 2 is 1.95 bits per heavy atom. The summed E-state index contributed by atoms with van der Waals surface area (Å²) >= 11 is 1.69. The molecule has 1 heterocycles. The van der Waals surface area contributed by atoms with E-state index in [1.165, 1.54) is 6.07 Å². The largest absolute Gasteiger partial charge is 0.463 e. The molecule has 2 aromatic rings. The molecule has 0 radical (unpaired) electrons. The third-order valence-corrected chi connectivity index (χ3v) is 4.68. The van der Waals surface area contributed by atoms with Crippen molar-refractivity contribution in [3.8, 4) is 0 Å². The summed E-state index contributed by atoms with van der Waals surface area (Å²) in [6, 6.07) is 8.84. The number of furan rings is 1. The second-order valence-corrected chi connectivity index (χ2v) is 7.02. The van der Waals surface area contributed by atoms with Crippen molar-refractivity contribution in [3.63, 3.8) is 0 Å². The zero-order chi connectivity index (χ0) is 15.5. The zero-order valence-corrected chi connectivity index (χ0v) is 13.6. The van der Waals surface area contributed by atoms with E-state index in [9.17, 15) is 8.42 Å². The van der Waals surface area contributed by atoms with Crippen molar-refractivity contribution in [2.75, 3.05) is 11.6 Å². The van der Waals surface area contributed by atoms with Gasteiger partial charge in [0.1, 0.15) is 11.5 Å². The molecule has 1 aromatic heterocycles. The maximum absolute atomic E-state index is 11.5. The lowest BCUT2D eigenvalue weighted by atomic mass is 10.2. The molecule has 0 amide bonds. The van der Waals surface area contributed by atoms with Crippen LogP contribution in [-0.4, -0.2) is 14.7 Å². The number of hydrogen-bond acceptors (Lipinski definition) is 5. The number of benzene rings is 1. The summed E-state index contributed by atoms with van der Waals surface area (Å²) in [5.74, 6) is 2.56. The maximum atomic E-state index is 11.5. The van der Waals surface area contributed by atoms with E-state index in [2.05, 4.69) is 5.32 Å². The van der Waals surface area contributed by atoms with Crippen LogP contribution in [0, 0.1) is 6.92 Å². The summed E-state index contributed by atoms with van der Waals surface area (Å²) in [6.07, 6.45) is 2.02. The summed E-state index contributed by atoms with van der Waals surface area (Å²) in [5, 5.41) is 8.37. The molecule has 0 bridgehead atoms. The van der Waals surface area contributed by atoms with Gasteiger partial charge in [-0.2, -0.15) is 11.8 Å². The zero-order valence-electron chi connectivity index (χ0n) is 11.9. The van der Waals surface area contributed by atoms with Crippen LogP contribution in [-0.2, 0) is 22.3 Å². The SMILES string of the molecule is CSCc1ccc(CNc2cccc(S(N)(=O)=O)c2C)o1. The lowest BCUT2D eigenvalue weighted by molar-refractivity contribution is 0.487. The van der Waals surface area contributed by atoms with Crippen molar-refractivity contribution in [1.82, 2.24) is 0 Å². The Labute approximate surface area is 129 Å². The Hall–Kier alpha value is -1.44. The van der Waals surface area contributed by atoms with Crippen molar-refractivity contribution in [3.05, 3.63) is 47.4 Å². The van der Waals surface area contributed by atoms with Crippen LogP contribution in [0.2, 0.25) is 0 Å². The van der Waals surface area contributed by atoms with Gasteiger partial charge in [0.05, 0.1) is 17.2 Å².